The van der Waals surface area contributed by atoms with Crippen LogP contribution in [0.15, 0.2) is 71.8 Å². The molecule has 0 spiro atoms. The van der Waals surface area contributed by atoms with E-state index >= 15 is 0 Å². The number of hydrogen-bond acceptors (Lipinski definition) is 5. The molecule has 1 atom stereocenters. The van der Waals surface area contributed by atoms with Crippen molar-refractivity contribution >= 4 is 38.5 Å². The predicted molar refractivity (Wildman–Crippen MR) is 122 cm³/mol. The van der Waals surface area contributed by atoms with Crippen molar-refractivity contribution in [2.75, 3.05) is 18.6 Å². The molecule has 158 valence electrons. The molecule has 6 nitrogen and oxygen atoms in total. The standard InChI is InChI=1S/C22H25N3O3S2/c1-29-15-12-21(22(26)24-14-11-19-8-4-5-13-23-19)25-30(27,28)20-10-9-17-6-2-3-7-18(17)16-20/h2-10,13,16,21,25H,11-12,14-15H2,1H3,(H,24,26)/t21-/m0/s1. The number of hydrogen-bond donors (Lipinski definition) is 2. The molecule has 0 aliphatic rings. The minimum Gasteiger partial charge on any atom is -0.354 e. The van der Waals surface area contributed by atoms with Crippen molar-refractivity contribution in [2.45, 2.75) is 23.8 Å². The summed E-state index contributed by atoms with van der Waals surface area (Å²) >= 11 is 1.57. The second kappa shape index (κ2) is 10.6. The number of rotatable bonds is 10. The Morgan fingerprint density at radius 3 is 2.57 bits per heavy atom. The number of aromatic nitrogens is 1. The number of amides is 1. The van der Waals surface area contributed by atoms with E-state index in [-0.39, 0.29) is 10.8 Å². The van der Waals surface area contributed by atoms with Gasteiger partial charge in [-0.3, -0.25) is 9.78 Å². The van der Waals surface area contributed by atoms with Crippen molar-refractivity contribution in [1.29, 1.82) is 0 Å². The van der Waals surface area contributed by atoms with Crippen LogP contribution in [-0.2, 0) is 21.2 Å². The second-order valence-electron chi connectivity index (χ2n) is 6.83. The predicted octanol–water partition coefficient (Wildman–Crippen LogP) is 2.99. The topological polar surface area (TPSA) is 88.2 Å². The molecule has 1 amide bonds. The summed E-state index contributed by atoms with van der Waals surface area (Å²) in [5, 5.41) is 4.62. The van der Waals surface area contributed by atoms with Crippen LogP contribution in [-0.4, -0.2) is 43.9 Å². The summed E-state index contributed by atoms with van der Waals surface area (Å²) < 4.78 is 28.5. The average Bonchev–Trinajstić information content (AvgIpc) is 2.77. The van der Waals surface area contributed by atoms with E-state index in [1.54, 1.807) is 36.2 Å². The van der Waals surface area contributed by atoms with E-state index in [4.69, 9.17) is 0 Å². The molecule has 0 aliphatic heterocycles. The van der Waals surface area contributed by atoms with Gasteiger partial charge in [-0.25, -0.2) is 8.42 Å². The largest absolute Gasteiger partial charge is 0.354 e. The summed E-state index contributed by atoms with van der Waals surface area (Å²) in [5.74, 6) is 0.336. The van der Waals surface area contributed by atoms with Gasteiger partial charge in [-0.15, -0.1) is 0 Å². The van der Waals surface area contributed by atoms with Crippen LogP contribution in [0.3, 0.4) is 0 Å². The Bertz CT molecular complexity index is 1090. The van der Waals surface area contributed by atoms with Crippen molar-refractivity contribution < 1.29 is 13.2 Å². The van der Waals surface area contributed by atoms with Crippen LogP contribution >= 0.6 is 11.8 Å². The first-order valence-corrected chi connectivity index (χ1v) is 12.5. The molecule has 0 saturated carbocycles. The van der Waals surface area contributed by atoms with E-state index in [1.807, 2.05) is 48.7 Å². The zero-order valence-corrected chi connectivity index (χ0v) is 18.4. The first-order valence-electron chi connectivity index (χ1n) is 9.67. The van der Waals surface area contributed by atoms with Gasteiger partial charge in [-0.05, 0) is 53.5 Å². The molecule has 3 aromatic rings. The Kier molecular flexibility index (Phi) is 7.84. The SMILES string of the molecule is CSCC[C@H](NS(=O)(=O)c1ccc2ccccc2c1)C(=O)NCCc1ccccn1. The van der Waals surface area contributed by atoms with Gasteiger partial charge in [-0.1, -0.05) is 36.4 Å². The highest BCUT2D eigenvalue weighted by Crippen LogP contribution is 2.19. The maximum Gasteiger partial charge on any atom is 0.241 e. The molecule has 0 bridgehead atoms. The van der Waals surface area contributed by atoms with Crippen molar-refractivity contribution in [3.63, 3.8) is 0 Å². The summed E-state index contributed by atoms with van der Waals surface area (Å²) in [5.41, 5.74) is 0.871. The maximum atomic E-state index is 12.9. The molecule has 0 saturated heterocycles. The summed E-state index contributed by atoms with van der Waals surface area (Å²) in [6.45, 7) is 0.392. The number of thioether (sulfide) groups is 1. The number of nitrogens with one attached hydrogen (secondary N) is 2. The van der Waals surface area contributed by atoms with E-state index in [2.05, 4.69) is 15.0 Å². The van der Waals surface area contributed by atoms with Gasteiger partial charge >= 0.3 is 0 Å². The van der Waals surface area contributed by atoms with E-state index in [0.29, 0.717) is 25.1 Å². The Labute approximate surface area is 181 Å². The molecule has 0 aliphatic carbocycles. The van der Waals surface area contributed by atoms with E-state index in [0.717, 1.165) is 16.5 Å². The van der Waals surface area contributed by atoms with Gasteiger partial charge in [0.25, 0.3) is 0 Å². The highest BCUT2D eigenvalue weighted by molar-refractivity contribution is 7.98. The highest BCUT2D eigenvalue weighted by Gasteiger charge is 2.25. The molecule has 3 rings (SSSR count). The van der Waals surface area contributed by atoms with Gasteiger partial charge in [-0.2, -0.15) is 16.5 Å². The molecule has 0 fully saturated rings. The van der Waals surface area contributed by atoms with Crippen LogP contribution in [0.5, 0.6) is 0 Å². The smallest absolute Gasteiger partial charge is 0.241 e. The lowest BCUT2D eigenvalue weighted by Crippen LogP contribution is -2.47. The lowest BCUT2D eigenvalue weighted by atomic mass is 10.1. The van der Waals surface area contributed by atoms with Gasteiger partial charge in [0.05, 0.1) is 4.90 Å². The van der Waals surface area contributed by atoms with Gasteiger partial charge in [0.2, 0.25) is 15.9 Å². The highest BCUT2D eigenvalue weighted by atomic mass is 32.2. The van der Waals surface area contributed by atoms with Gasteiger partial charge in [0.15, 0.2) is 0 Å². The number of carbonyl (C=O) groups is 1. The van der Waals surface area contributed by atoms with Gasteiger partial charge in [0.1, 0.15) is 6.04 Å². The first kappa shape index (κ1) is 22.3. The lowest BCUT2D eigenvalue weighted by molar-refractivity contribution is -0.122. The molecule has 2 aromatic carbocycles. The summed E-state index contributed by atoms with van der Waals surface area (Å²) in [4.78, 5) is 17.1. The van der Waals surface area contributed by atoms with Crippen molar-refractivity contribution in [1.82, 2.24) is 15.0 Å². The molecule has 1 heterocycles. The Balaban J connectivity index is 1.69. The Morgan fingerprint density at radius 2 is 1.83 bits per heavy atom. The van der Waals surface area contributed by atoms with Crippen LogP contribution < -0.4 is 10.0 Å². The van der Waals surface area contributed by atoms with Crippen LogP contribution in [0, 0.1) is 0 Å². The molecule has 1 aromatic heterocycles. The van der Waals surface area contributed by atoms with Crippen LogP contribution in [0.25, 0.3) is 10.8 Å². The third kappa shape index (κ3) is 6.04. The summed E-state index contributed by atoms with van der Waals surface area (Å²) in [7, 11) is -3.84. The minimum absolute atomic E-state index is 0.150. The fourth-order valence-electron chi connectivity index (χ4n) is 3.05. The molecule has 0 unspecified atom stereocenters. The first-order chi connectivity index (χ1) is 14.5. The van der Waals surface area contributed by atoms with Crippen LogP contribution in [0.2, 0.25) is 0 Å². The van der Waals surface area contributed by atoms with Crippen molar-refractivity contribution in [3.8, 4) is 0 Å². The number of fused-ring (bicyclic) bond motifs is 1. The normalized spacial score (nSPS) is 12.6. The lowest BCUT2D eigenvalue weighted by Gasteiger charge is -2.18. The quantitative estimate of drug-likeness (QED) is 0.503. The van der Waals surface area contributed by atoms with Gasteiger partial charge < -0.3 is 5.32 Å². The molecule has 8 heteroatoms. The summed E-state index contributed by atoms with van der Waals surface area (Å²) in [6, 6.07) is 17.3. The minimum atomic E-state index is -3.84. The van der Waals surface area contributed by atoms with Crippen LogP contribution in [0.1, 0.15) is 12.1 Å². The zero-order chi connectivity index (χ0) is 21.4. The Hall–Kier alpha value is -2.42. The Morgan fingerprint density at radius 1 is 1.07 bits per heavy atom. The molecule has 0 radical (unpaired) electrons. The van der Waals surface area contributed by atoms with Crippen LogP contribution in [0.4, 0.5) is 0 Å². The molecule has 2 N–H and O–H groups in total. The number of pyridine rings is 1. The number of nitrogens with zero attached hydrogens (tertiary/aromatic N) is 1. The van der Waals surface area contributed by atoms with Gasteiger partial charge in [0, 0.05) is 24.9 Å². The third-order valence-electron chi connectivity index (χ3n) is 4.66. The van der Waals surface area contributed by atoms with E-state index < -0.39 is 16.1 Å². The van der Waals surface area contributed by atoms with E-state index in [9.17, 15) is 13.2 Å². The summed E-state index contributed by atoms with van der Waals surface area (Å²) in [6.07, 6.45) is 4.62. The fourth-order valence-corrected chi connectivity index (χ4v) is 4.79. The number of benzene rings is 2. The molecular weight excluding hydrogens is 418 g/mol. The molecular formula is C22H25N3O3S2. The number of sulfonamides is 1. The third-order valence-corrected chi connectivity index (χ3v) is 6.78. The maximum absolute atomic E-state index is 12.9. The number of carbonyl (C=O) groups excluding carboxylic acids is 1. The van der Waals surface area contributed by atoms with Crippen molar-refractivity contribution in [2.24, 2.45) is 0 Å². The molecule has 30 heavy (non-hydrogen) atoms. The monoisotopic (exact) mass is 443 g/mol. The van der Waals surface area contributed by atoms with Crippen molar-refractivity contribution in [3.05, 3.63) is 72.6 Å². The average molecular weight is 444 g/mol. The second-order valence-corrected chi connectivity index (χ2v) is 9.53. The van der Waals surface area contributed by atoms with E-state index in [1.165, 1.54) is 0 Å². The fraction of sp³-hybridized carbons (Fsp3) is 0.273. The zero-order valence-electron chi connectivity index (χ0n) is 16.7.